The summed E-state index contributed by atoms with van der Waals surface area (Å²) in [5.74, 6) is 1.83. The maximum Gasteiger partial charge on any atom is 0.224 e. The summed E-state index contributed by atoms with van der Waals surface area (Å²) in [6, 6.07) is 14.1. The van der Waals surface area contributed by atoms with Gasteiger partial charge in [-0.3, -0.25) is 4.79 Å². The van der Waals surface area contributed by atoms with Crippen molar-refractivity contribution in [1.29, 1.82) is 0 Å². The van der Waals surface area contributed by atoms with E-state index < -0.39 is 0 Å². The highest BCUT2D eigenvalue weighted by Gasteiger charge is 2.42. The monoisotopic (exact) mass is 379 g/mol. The number of fused-ring (bicyclic) bond motifs is 1. The van der Waals surface area contributed by atoms with Crippen LogP contribution in [0, 0.1) is 6.92 Å². The Bertz CT molecular complexity index is 855. The molecule has 1 aliphatic carbocycles. The molecule has 1 spiro atoms. The van der Waals surface area contributed by atoms with Gasteiger partial charge in [0.25, 0.3) is 0 Å². The number of amides is 1. The molecule has 0 unspecified atom stereocenters. The van der Waals surface area contributed by atoms with Crippen molar-refractivity contribution in [2.45, 2.75) is 63.5 Å². The van der Waals surface area contributed by atoms with Crippen LogP contribution < -0.4 is 14.8 Å². The Labute approximate surface area is 167 Å². The second-order valence-electron chi connectivity index (χ2n) is 8.19. The first-order chi connectivity index (χ1) is 13.6. The molecule has 1 heterocycles. The van der Waals surface area contributed by atoms with Crippen molar-refractivity contribution >= 4 is 5.91 Å². The first-order valence-electron chi connectivity index (χ1n) is 10.3. The highest BCUT2D eigenvalue weighted by Crippen LogP contribution is 2.46. The molecule has 1 fully saturated rings. The number of hydrogen-bond donors (Lipinski definition) is 1. The molecule has 2 aliphatic rings. The van der Waals surface area contributed by atoms with Gasteiger partial charge >= 0.3 is 0 Å². The molecule has 4 nitrogen and oxygen atoms in total. The number of carbonyl (C=O) groups excluding carboxylic acids is 1. The molecule has 1 N–H and O–H groups in total. The average molecular weight is 380 g/mol. The lowest BCUT2D eigenvalue weighted by Gasteiger charge is -2.44. The quantitative estimate of drug-likeness (QED) is 0.823. The van der Waals surface area contributed by atoms with E-state index in [-0.39, 0.29) is 17.6 Å². The molecule has 148 valence electrons. The average Bonchev–Trinajstić information content (AvgIpc) is 2.68. The summed E-state index contributed by atoms with van der Waals surface area (Å²) in [6.45, 7) is 2.00. The van der Waals surface area contributed by atoms with E-state index in [9.17, 15) is 4.79 Å². The normalized spacial score (nSPS) is 20.1. The molecule has 0 radical (unpaired) electrons. The number of aryl methyl sites for hydroxylation is 1. The third kappa shape index (κ3) is 3.87. The number of methoxy groups -OCH3 is 1. The van der Waals surface area contributed by atoms with E-state index in [0.717, 1.165) is 47.5 Å². The predicted molar refractivity (Wildman–Crippen MR) is 110 cm³/mol. The zero-order valence-electron chi connectivity index (χ0n) is 16.8. The summed E-state index contributed by atoms with van der Waals surface area (Å²) in [5.41, 5.74) is 3.02. The topological polar surface area (TPSA) is 47.6 Å². The summed E-state index contributed by atoms with van der Waals surface area (Å²) >= 11 is 0. The van der Waals surface area contributed by atoms with E-state index >= 15 is 0 Å². The van der Waals surface area contributed by atoms with Gasteiger partial charge in [0.2, 0.25) is 5.91 Å². The minimum absolute atomic E-state index is 0.00916. The van der Waals surface area contributed by atoms with Crippen molar-refractivity contribution in [3.63, 3.8) is 0 Å². The zero-order valence-corrected chi connectivity index (χ0v) is 16.8. The number of ether oxygens (including phenoxy) is 2. The summed E-state index contributed by atoms with van der Waals surface area (Å²) in [7, 11) is 1.67. The van der Waals surface area contributed by atoms with Crippen LogP contribution in [0.4, 0.5) is 0 Å². The van der Waals surface area contributed by atoms with Crippen molar-refractivity contribution in [3.8, 4) is 11.5 Å². The number of rotatable bonds is 4. The fraction of sp³-hybridized carbons (Fsp3) is 0.458. The Morgan fingerprint density at radius 2 is 1.96 bits per heavy atom. The third-order valence-corrected chi connectivity index (χ3v) is 6.12. The summed E-state index contributed by atoms with van der Waals surface area (Å²) in [5, 5.41) is 3.29. The van der Waals surface area contributed by atoms with Crippen LogP contribution in [0.3, 0.4) is 0 Å². The van der Waals surface area contributed by atoms with E-state index in [0.29, 0.717) is 6.42 Å². The van der Waals surface area contributed by atoms with Crippen LogP contribution in [0.1, 0.15) is 61.3 Å². The second kappa shape index (κ2) is 7.86. The molecule has 2 aromatic rings. The molecule has 4 heteroatoms. The first-order valence-corrected chi connectivity index (χ1v) is 10.3. The van der Waals surface area contributed by atoms with Gasteiger partial charge in [0, 0.05) is 12.0 Å². The van der Waals surface area contributed by atoms with Crippen molar-refractivity contribution in [2.75, 3.05) is 7.11 Å². The van der Waals surface area contributed by atoms with Gasteiger partial charge in [0.05, 0.1) is 19.6 Å². The molecular weight excluding hydrogens is 350 g/mol. The standard InChI is InChI=1S/C24H29NO3/c1-17-14-18(10-11-21(17)27-2)15-23(26)25-20-16-24(12-6-3-7-13-24)28-22-9-5-4-8-19(20)22/h4-5,8-11,14,20H,3,6-7,12-13,15-16H2,1-2H3,(H,25,26)/t20-/m0/s1. The highest BCUT2D eigenvalue weighted by molar-refractivity contribution is 5.79. The number of carbonyl (C=O) groups is 1. The summed E-state index contributed by atoms with van der Waals surface area (Å²) < 4.78 is 11.8. The third-order valence-electron chi connectivity index (χ3n) is 6.12. The summed E-state index contributed by atoms with van der Waals surface area (Å²) in [4.78, 5) is 12.8. The van der Waals surface area contributed by atoms with Gasteiger partial charge in [-0.2, -0.15) is 0 Å². The Hall–Kier alpha value is -2.49. The molecule has 2 aromatic carbocycles. The van der Waals surface area contributed by atoms with Crippen LogP contribution in [0.2, 0.25) is 0 Å². The van der Waals surface area contributed by atoms with E-state index in [1.165, 1.54) is 19.3 Å². The molecule has 1 amide bonds. The van der Waals surface area contributed by atoms with E-state index in [1.54, 1.807) is 7.11 Å². The molecule has 1 aliphatic heterocycles. The Balaban J connectivity index is 1.51. The van der Waals surface area contributed by atoms with Crippen LogP contribution in [0.5, 0.6) is 11.5 Å². The van der Waals surface area contributed by atoms with Gasteiger partial charge in [-0.25, -0.2) is 0 Å². The van der Waals surface area contributed by atoms with Crippen LogP contribution in [0.25, 0.3) is 0 Å². The minimum Gasteiger partial charge on any atom is -0.496 e. The maximum absolute atomic E-state index is 12.8. The van der Waals surface area contributed by atoms with Crippen molar-refractivity contribution in [1.82, 2.24) is 5.32 Å². The molecule has 0 bridgehead atoms. The lowest BCUT2D eigenvalue weighted by Crippen LogP contribution is -2.46. The van der Waals surface area contributed by atoms with E-state index in [4.69, 9.17) is 9.47 Å². The smallest absolute Gasteiger partial charge is 0.224 e. The fourth-order valence-corrected chi connectivity index (χ4v) is 4.73. The largest absolute Gasteiger partial charge is 0.496 e. The number of hydrogen-bond acceptors (Lipinski definition) is 3. The molecule has 28 heavy (non-hydrogen) atoms. The lowest BCUT2D eigenvalue weighted by molar-refractivity contribution is -0.122. The number of nitrogens with one attached hydrogen (secondary N) is 1. The highest BCUT2D eigenvalue weighted by atomic mass is 16.5. The summed E-state index contributed by atoms with van der Waals surface area (Å²) in [6.07, 6.45) is 7.06. The number of benzene rings is 2. The van der Waals surface area contributed by atoms with E-state index in [2.05, 4.69) is 11.4 Å². The van der Waals surface area contributed by atoms with Crippen molar-refractivity contribution in [2.24, 2.45) is 0 Å². The Morgan fingerprint density at radius 1 is 1.18 bits per heavy atom. The second-order valence-corrected chi connectivity index (χ2v) is 8.19. The molecule has 0 aromatic heterocycles. The number of para-hydroxylation sites is 1. The molecule has 1 atom stereocenters. The van der Waals surface area contributed by atoms with Crippen LogP contribution in [0.15, 0.2) is 42.5 Å². The Kier molecular flexibility index (Phi) is 5.29. The van der Waals surface area contributed by atoms with Gasteiger partial charge in [-0.1, -0.05) is 36.8 Å². The predicted octanol–water partition coefficient (Wildman–Crippen LogP) is 4.89. The molecule has 1 saturated carbocycles. The molecule has 4 rings (SSSR count). The zero-order chi connectivity index (χ0) is 19.6. The van der Waals surface area contributed by atoms with Crippen LogP contribution >= 0.6 is 0 Å². The lowest BCUT2D eigenvalue weighted by atomic mass is 9.77. The molecule has 0 saturated heterocycles. The van der Waals surface area contributed by atoms with Gasteiger partial charge in [-0.05, 0) is 55.9 Å². The van der Waals surface area contributed by atoms with Crippen molar-refractivity contribution in [3.05, 3.63) is 59.2 Å². The minimum atomic E-state index is -0.124. The fourth-order valence-electron chi connectivity index (χ4n) is 4.73. The van der Waals surface area contributed by atoms with Crippen molar-refractivity contribution < 1.29 is 14.3 Å². The van der Waals surface area contributed by atoms with Crippen LogP contribution in [-0.2, 0) is 11.2 Å². The maximum atomic E-state index is 12.8. The molecular formula is C24H29NO3. The Morgan fingerprint density at radius 3 is 2.71 bits per heavy atom. The SMILES string of the molecule is COc1ccc(CC(=O)N[C@H]2CC3(CCCCC3)Oc3ccccc32)cc1C. The van der Waals surface area contributed by atoms with E-state index in [1.807, 2.05) is 43.3 Å². The first kappa shape index (κ1) is 18.9. The van der Waals surface area contributed by atoms with Gasteiger partial charge in [-0.15, -0.1) is 0 Å². The van der Waals surface area contributed by atoms with Crippen LogP contribution in [-0.4, -0.2) is 18.6 Å². The van der Waals surface area contributed by atoms with Gasteiger partial charge in [0.1, 0.15) is 17.1 Å². The van der Waals surface area contributed by atoms with Gasteiger partial charge in [0.15, 0.2) is 0 Å². The van der Waals surface area contributed by atoms with Gasteiger partial charge < -0.3 is 14.8 Å².